The van der Waals surface area contributed by atoms with Crippen LogP contribution in [0.3, 0.4) is 0 Å². The van der Waals surface area contributed by atoms with Gasteiger partial charge in [0, 0.05) is 17.9 Å². The Kier molecular flexibility index (Phi) is 4.88. The van der Waals surface area contributed by atoms with Crippen LogP contribution < -0.4 is 10.2 Å². The molecule has 1 N–H and O–H groups in total. The van der Waals surface area contributed by atoms with Gasteiger partial charge in [-0.05, 0) is 56.5 Å². The molecule has 0 aromatic heterocycles. The van der Waals surface area contributed by atoms with E-state index in [0.717, 1.165) is 22.5 Å². The van der Waals surface area contributed by atoms with Crippen LogP contribution in [0.4, 0.5) is 11.4 Å². The lowest BCUT2D eigenvalue weighted by Gasteiger charge is -2.21. The summed E-state index contributed by atoms with van der Waals surface area (Å²) in [5.74, 6) is -0.471. The maximum Gasteiger partial charge on any atom is 0.230 e. The van der Waals surface area contributed by atoms with Crippen LogP contribution in [0.15, 0.2) is 48.5 Å². The van der Waals surface area contributed by atoms with E-state index in [4.69, 9.17) is 0 Å². The van der Waals surface area contributed by atoms with Crippen molar-refractivity contribution < 1.29 is 9.59 Å². The zero-order valence-corrected chi connectivity index (χ0v) is 15.0. The molecule has 1 saturated carbocycles. The quantitative estimate of drug-likeness (QED) is 0.899. The van der Waals surface area contributed by atoms with Crippen molar-refractivity contribution in [3.05, 3.63) is 59.7 Å². The second-order valence-electron chi connectivity index (χ2n) is 6.67. The highest BCUT2D eigenvalue weighted by Crippen LogP contribution is 2.41. The van der Waals surface area contributed by atoms with Crippen molar-refractivity contribution in [1.29, 1.82) is 0 Å². The van der Waals surface area contributed by atoms with Crippen molar-refractivity contribution in [2.75, 3.05) is 16.8 Å². The molecule has 2 aromatic carbocycles. The number of aryl methyl sites for hydroxylation is 2. The van der Waals surface area contributed by atoms with Gasteiger partial charge in [-0.2, -0.15) is 0 Å². The topological polar surface area (TPSA) is 49.4 Å². The monoisotopic (exact) mass is 336 g/mol. The molecule has 2 amide bonds. The molecule has 3 rings (SSSR count). The van der Waals surface area contributed by atoms with Gasteiger partial charge in [-0.1, -0.05) is 30.3 Å². The summed E-state index contributed by atoms with van der Waals surface area (Å²) in [5, 5.41) is 2.95. The molecular formula is C21H24N2O2. The molecule has 25 heavy (non-hydrogen) atoms. The van der Waals surface area contributed by atoms with Gasteiger partial charge in [0.25, 0.3) is 0 Å². The average Bonchev–Trinajstić information content (AvgIpc) is 3.38. The lowest BCUT2D eigenvalue weighted by Crippen LogP contribution is -2.33. The van der Waals surface area contributed by atoms with Crippen molar-refractivity contribution in [3.63, 3.8) is 0 Å². The molecule has 4 heteroatoms. The zero-order chi connectivity index (χ0) is 18.0. The first-order valence-corrected chi connectivity index (χ1v) is 8.75. The standard InChI is InChI=1S/C21H24N2O2/c1-4-23(16-10-7-8-14(2)12-16)21(25)18-13-17(18)20(24)22-19-11-6-5-9-15(19)3/h5-12,17-18H,4,13H2,1-3H3,(H,22,24). The summed E-state index contributed by atoms with van der Waals surface area (Å²) in [4.78, 5) is 27.1. The van der Waals surface area contributed by atoms with E-state index >= 15 is 0 Å². The minimum Gasteiger partial charge on any atom is -0.326 e. The second-order valence-corrected chi connectivity index (χ2v) is 6.67. The molecule has 0 spiro atoms. The highest BCUT2D eigenvalue weighted by Gasteiger charge is 2.49. The molecule has 0 saturated heterocycles. The van der Waals surface area contributed by atoms with Crippen LogP contribution in [0.2, 0.25) is 0 Å². The fraction of sp³-hybridized carbons (Fsp3) is 0.333. The van der Waals surface area contributed by atoms with E-state index in [0.29, 0.717) is 13.0 Å². The molecule has 0 bridgehead atoms. The van der Waals surface area contributed by atoms with Gasteiger partial charge in [0.1, 0.15) is 0 Å². The lowest BCUT2D eigenvalue weighted by molar-refractivity contribution is -0.123. The Labute approximate surface area is 148 Å². The molecule has 2 unspecified atom stereocenters. The van der Waals surface area contributed by atoms with Crippen molar-refractivity contribution in [2.45, 2.75) is 27.2 Å². The summed E-state index contributed by atoms with van der Waals surface area (Å²) in [6.07, 6.45) is 0.624. The van der Waals surface area contributed by atoms with Gasteiger partial charge in [-0.15, -0.1) is 0 Å². The number of benzene rings is 2. The van der Waals surface area contributed by atoms with E-state index < -0.39 is 0 Å². The first-order chi connectivity index (χ1) is 12.0. The normalized spacial score (nSPS) is 18.5. The lowest BCUT2D eigenvalue weighted by atomic mass is 10.1. The van der Waals surface area contributed by atoms with Gasteiger partial charge in [-0.25, -0.2) is 0 Å². The Bertz CT molecular complexity index is 800. The van der Waals surface area contributed by atoms with Crippen molar-refractivity contribution in [3.8, 4) is 0 Å². The molecule has 0 radical (unpaired) electrons. The number of carbonyl (C=O) groups excluding carboxylic acids is 2. The van der Waals surface area contributed by atoms with Crippen LogP contribution >= 0.6 is 0 Å². The largest absolute Gasteiger partial charge is 0.326 e. The summed E-state index contributed by atoms with van der Waals surface area (Å²) in [5.41, 5.74) is 3.86. The van der Waals surface area contributed by atoms with E-state index in [1.807, 2.05) is 69.3 Å². The molecule has 130 valence electrons. The Balaban J connectivity index is 1.66. The van der Waals surface area contributed by atoms with E-state index in [-0.39, 0.29) is 23.7 Å². The number of para-hydroxylation sites is 1. The summed E-state index contributed by atoms with van der Waals surface area (Å²) in [7, 11) is 0. The fourth-order valence-corrected chi connectivity index (χ4v) is 3.16. The second kappa shape index (κ2) is 7.09. The predicted octanol–water partition coefficient (Wildman–Crippen LogP) is 3.93. The smallest absolute Gasteiger partial charge is 0.230 e. The van der Waals surface area contributed by atoms with Crippen LogP contribution in [0.25, 0.3) is 0 Å². The van der Waals surface area contributed by atoms with Gasteiger partial charge in [0.2, 0.25) is 11.8 Å². The third kappa shape index (κ3) is 3.73. The number of anilines is 2. The van der Waals surface area contributed by atoms with Crippen LogP contribution in [-0.2, 0) is 9.59 Å². The molecule has 2 aromatic rings. The average molecular weight is 336 g/mol. The Morgan fingerprint density at radius 3 is 2.52 bits per heavy atom. The maximum absolute atomic E-state index is 12.8. The predicted molar refractivity (Wildman–Crippen MR) is 101 cm³/mol. The van der Waals surface area contributed by atoms with Gasteiger partial charge in [0.05, 0.1) is 11.8 Å². The first-order valence-electron chi connectivity index (χ1n) is 8.75. The van der Waals surface area contributed by atoms with E-state index in [1.54, 1.807) is 4.90 Å². The summed E-state index contributed by atoms with van der Waals surface area (Å²) in [6.45, 7) is 6.54. The molecule has 1 aliphatic rings. The molecule has 2 atom stereocenters. The number of carbonyl (C=O) groups is 2. The Morgan fingerprint density at radius 1 is 1.08 bits per heavy atom. The minimum atomic E-state index is -0.231. The summed E-state index contributed by atoms with van der Waals surface area (Å²) < 4.78 is 0. The SMILES string of the molecule is CCN(C(=O)C1CC1C(=O)Nc1ccccc1C)c1cccc(C)c1. The fourth-order valence-electron chi connectivity index (χ4n) is 3.16. The van der Waals surface area contributed by atoms with Crippen LogP contribution in [-0.4, -0.2) is 18.4 Å². The molecule has 1 fully saturated rings. The number of rotatable bonds is 5. The summed E-state index contributed by atoms with van der Waals surface area (Å²) >= 11 is 0. The molecule has 0 heterocycles. The van der Waals surface area contributed by atoms with Crippen molar-refractivity contribution in [2.24, 2.45) is 11.8 Å². The Morgan fingerprint density at radius 2 is 1.84 bits per heavy atom. The van der Waals surface area contributed by atoms with Crippen LogP contribution in [0.1, 0.15) is 24.5 Å². The first kappa shape index (κ1) is 17.2. The van der Waals surface area contributed by atoms with Crippen LogP contribution in [0.5, 0.6) is 0 Å². The maximum atomic E-state index is 12.8. The summed E-state index contributed by atoms with van der Waals surface area (Å²) in [6, 6.07) is 15.6. The Hall–Kier alpha value is -2.62. The van der Waals surface area contributed by atoms with Gasteiger partial charge in [-0.3, -0.25) is 9.59 Å². The molecule has 4 nitrogen and oxygen atoms in total. The highest BCUT2D eigenvalue weighted by atomic mass is 16.2. The van der Waals surface area contributed by atoms with Gasteiger partial charge >= 0.3 is 0 Å². The number of hydrogen-bond acceptors (Lipinski definition) is 2. The van der Waals surface area contributed by atoms with E-state index in [1.165, 1.54) is 0 Å². The molecule has 1 aliphatic carbocycles. The zero-order valence-electron chi connectivity index (χ0n) is 15.0. The van der Waals surface area contributed by atoms with Crippen molar-refractivity contribution in [1.82, 2.24) is 0 Å². The third-order valence-corrected chi connectivity index (χ3v) is 4.74. The van der Waals surface area contributed by atoms with E-state index in [2.05, 4.69) is 5.32 Å². The highest BCUT2D eigenvalue weighted by molar-refractivity contribution is 6.04. The van der Waals surface area contributed by atoms with Gasteiger partial charge < -0.3 is 10.2 Å². The van der Waals surface area contributed by atoms with Crippen LogP contribution in [0, 0.1) is 25.7 Å². The van der Waals surface area contributed by atoms with Gasteiger partial charge in [0.15, 0.2) is 0 Å². The third-order valence-electron chi connectivity index (χ3n) is 4.74. The number of nitrogens with one attached hydrogen (secondary N) is 1. The molecular weight excluding hydrogens is 312 g/mol. The molecule has 0 aliphatic heterocycles. The van der Waals surface area contributed by atoms with Crippen molar-refractivity contribution >= 4 is 23.2 Å². The number of hydrogen-bond donors (Lipinski definition) is 1. The number of nitrogens with zero attached hydrogens (tertiary/aromatic N) is 1. The number of amides is 2. The van der Waals surface area contributed by atoms with E-state index in [9.17, 15) is 9.59 Å². The minimum absolute atomic E-state index is 0.0398.